The molecule has 1 aliphatic carbocycles. The molecule has 0 spiro atoms. The molecule has 6 heteroatoms. The fourth-order valence-corrected chi connectivity index (χ4v) is 1.90. The van der Waals surface area contributed by atoms with E-state index in [4.69, 9.17) is 15.9 Å². The van der Waals surface area contributed by atoms with E-state index in [0.29, 0.717) is 6.54 Å². The van der Waals surface area contributed by atoms with Gasteiger partial charge in [-0.15, -0.1) is 0 Å². The predicted octanol–water partition coefficient (Wildman–Crippen LogP) is -1.44. The highest BCUT2D eigenvalue weighted by Crippen LogP contribution is 2.47. The summed E-state index contributed by atoms with van der Waals surface area (Å²) in [5.74, 6) is -3.33. The van der Waals surface area contributed by atoms with Gasteiger partial charge in [0, 0.05) is 5.92 Å². The molecule has 0 aromatic heterocycles. The molecule has 5 N–H and O–H groups in total. The molecule has 0 bridgehead atoms. The van der Waals surface area contributed by atoms with E-state index in [-0.39, 0.29) is 5.92 Å². The zero-order chi connectivity index (χ0) is 10.9. The zero-order valence-electron chi connectivity index (χ0n) is 7.80. The molecular formula is C8H14N2O4. The van der Waals surface area contributed by atoms with Crippen molar-refractivity contribution in [2.24, 2.45) is 23.5 Å². The van der Waals surface area contributed by atoms with E-state index in [2.05, 4.69) is 5.32 Å². The van der Waals surface area contributed by atoms with Crippen molar-refractivity contribution in [2.45, 2.75) is 6.04 Å². The highest BCUT2D eigenvalue weighted by Gasteiger charge is 2.58. The minimum atomic E-state index is -1.14. The normalized spacial score (nSPS) is 32.3. The van der Waals surface area contributed by atoms with Crippen molar-refractivity contribution in [1.82, 2.24) is 5.32 Å². The molecule has 0 aliphatic heterocycles. The number of carboxylic acid groups (broad SMARTS) is 2. The summed E-state index contributed by atoms with van der Waals surface area (Å²) in [7, 11) is 1.70. The Hall–Kier alpha value is -1.14. The number of aliphatic carboxylic acids is 2. The SMILES string of the molecule is CNC[C@H]1[C@H](C(=O)O)[C@H]1[C@H](N)C(=O)O. The first kappa shape index (κ1) is 10.9. The van der Waals surface area contributed by atoms with Gasteiger partial charge in [-0.25, -0.2) is 0 Å². The molecule has 1 aliphatic rings. The second kappa shape index (κ2) is 3.93. The highest BCUT2D eigenvalue weighted by atomic mass is 16.4. The van der Waals surface area contributed by atoms with Gasteiger partial charge in [-0.05, 0) is 19.5 Å². The minimum absolute atomic E-state index is 0.163. The lowest BCUT2D eigenvalue weighted by Crippen LogP contribution is -2.34. The second-order valence-corrected chi connectivity index (χ2v) is 3.53. The van der Waals surface area contributed by atoms with Crippen LogP contribution in [0.3, 0.4) is 0 Å². The molecule has 0 unspecified atom stereocenters. The van der Waals surface area contributed by atoms with Crippen molar-refractivity contribution in [2.75, 3.05) is 13.6 Å². The highest BCUT2D eigenvalue weighted by molar-refractivity contribution is 5.80. The van der Waals surface area contributed by atoms with E-state index in [1.807, 2.05) is 0 Å². The lowest BCUT2D eigenvalue weighted by atomic mass is 10.1. The topological polar surface area (TPSA) is 113 Å². The number of rotatable bonds is 5. The number of carboxylic acids is 2. The molecule has 0 aromatic rings. The molecule has 0 heterocycles. The van der Waals surface area contributed by atoms with E-state index >= 15 is 0 Å². The smallest absolute Gasteiger partial charge is 0.320 e. The fraction of sp³-hybridized carbons (Fsp3) is 0.750. The van der Waals surface area contributed by atoms with Crippen LogP contribution in [0.1, 0.15) is 0 Å². The van der Waals surface area contributed by atoms with Crippen LogP contribution in [0.15, 0.2) is 0 Å². The van der Waals surface area contributed by atoms with Crippen molar-refractivity contribution < 1.29 is 19.8 Å². The monoisotopic (exact) mass is 202 g/mol. The van der Waals surface area contributed by atoms with Crippen molar-refractivity contribution >= 4 is 11.9 Å². The summed E-state index contributed by atoms with van der Waals surface area (Å²) in [4.78, 5) is 21.3. The first-order chi connectivity index (χ1) is 6.50. The van der Waals surface area contributed by atoms with Crippen LogP contribution in [-0.2, 0) is 9.59 Å². The zero-order valence-corrected chi connectivity index (χ0v) is 7.80. The Balaban J connectivity index is 2.62. The maximum absolute atomic E-state index is 10.7. The van der Waals surface area contributed by atoms with Gasteiger partial charge in [0.05, 0.1) is 5.92 Å². The lowest BCUT2D eigenvalue weighted by molar-refractivity contribution is -0.140. The second-order valence-electron chi connectivity index (χ2n) is 3.53. The Kier molecular flexibility index (Phi) is 3.07. The molecule has 80 valence electrons. The molecule has 6 nitrogen and oxygen atoms in total. The molecule has 0 saturated heterocycles. The molecular weight excluding hydrogens is 188 g/mol. The van der Waals surface area contributed by atoms with Crippen LogP contribution < -0.4 is 11.1 Å². The van der Waals surface area contributed by atoms with Crippen molar-refractivity contribution in [3.63, 3.8) is 0 Å². The number of carbonyl (C=O) groups is 2. The van der Waals surface area contributed by atoms with Gasteiger partial charge < -0.3 is 21.3 Å². The minimum Gasteiger partial charge on any atom is -0.481 e. The van der Waals surface area contributed by atoms with E-state index in [9.17, 15) is 9.59 Å². The summed E-state index contributed by atoms with van der Waals surface area (Å²) in [6.07, 6.45) is 0. The van der Waals surface area contributed by atoms with Gasteiger partial charge >= 0.3 is 11.9 Å². The van der Waals surface area contributed by atoms with Gasteiger partial charge in [0.2, 0.25) is 0 Å². The summed E-state index contributed by atoms with van der Waals surface area (Å²) in [6, 6.07) is -1.07. The van der Waals surface area contributed by atoms with Crippen LogP contribution in [0.5, 0.6) is 0 Å². The molecule has 14 heavy (non-hydrogen) atoms. The average molecular weight is 202 g/mol. The number of hydrogen-bond donors (Lipinski definition) is 4. The molecule has 1 saturated carbocycles. The van der Waals surface area contributed by atoms with Gasteiger partial charge in [-0.3, -0.25) is 9.59 Å². The fourth-order valence-electron chi connectivity index (χ4n) is 1.90. The maximum Gasteiger partial charge on any atom is 0.320 e. The van der Waals surface area contributed by atoms with Gasteiger partial charge in [-0.1, -0.05) is 0 Å². The molecule has 1 rings (SSSR count). The molecule has 0 amide bonds. The molecule has 0 radical (unpaired) electrons. The maximum atomic E-state index is 10.7. The van der Waals surface area contributed by atoms with Gasteiger partial charge in [0.1, 0.15) is 6.04 Å². The number of nitrogens with two attached hydrogens (primary N) is 1. The predicted molar refractivity (Wildman–Crippen MR) is 47.6 cm³/mol. The van der Waals surface area contributed by atoms with E-state index < -0.39 is 29.8 Å². The average Bonchev–Trinajstić information content (AvgIpc) is 2.78. The van der Waals surface area contributed by atoms with Crippen molar-refractivity contribution in [3.8, 4) is 0 Å². The Morgan fingerprint density at radius 1 is 1.50 bits per heavy atom. The van der Waals surface area contributed by atoms with Crippen LogP contribution in [0, 0.1) is 17.8 Å². The first-order valence-electron chi connectivity index (χ1n) is 4.36. The summed E-state index contributed by atoms with van der Waals surface area (Å²) in [5.41, 5.74) is 5.38. The van der Waals surface area contributed by atoms with Crippen molar-refractivity contribution in [1.29, 1.82) is 0 Å². The third kappa shape index (κ3) is 1.85. The van der Waals surface area contributed by atoms with E-state index in [1.165, 1.54) is 0 Å². The Morgan fingerprint density at radius 2 is 2.07 bits per heavy atom. The molecule has 0 aromatic carbocycles. The van der Waals surface area contributed by atoms with Gasteiger partial charge in [0.25, 0.3) is 0 Å². The summed E-state index contributed by atoms with van der Waals surface area (Å²) in [5, 5.41) is 20.2. The van der Waals surface area contributed by atoms with E-state index in [0.717, 1.165) is 0 Å². The van der Waals surface area contributed by atoms with Crippen LogP contribution in [0.25, 0.3) is 0 Å². The summed E-state index contributed by atoms with van der Waals surface area (Å²) < 4.78 is 0. The summed E-state index contributed by atoms with van der Waals surface area (Å²) >= 11 is 0. The van der Waals surface area contributed by atoms with Gasteiger partial charge in [0.15, 0.2) is 0 Å². The summed E-state index contributed by atoms with van der Waals surface area (Å²) in [6.45, 7) is 0.489. The molecule has 1 fully saturated rings. The van der Waals surface area contributed by atoms with Gasteiger partial charge in [-0.2, -0.15) is 0 Å². The third-order valence-corrected chi connectivity index (χ3v) is 2.65. The largest absolute Gasteiger partial charge is 0.481 e. The van der Waals surface area contributed by atoms with Crippen LogP contribution in [-0.4, -0.2) is 41.8 Å². The number of nitrogens with one attached hydrogen (secondary N) is 1. The Bertz CT molecular complexity index is 256. The number of hydrogen-bond acceptors (Lipinski definition) is 4. The Morgan fingerprint density at radius 3 is 2.43 bits per heavy atom. The third-order valence-electron chi connectivity index (χ3n) is 2.65. The van der Waals surface area contributed by atoms with Crippen LogP contribution in [0.4, 0.5) is 0 Å². The Labute approximate surface area is 81.1 Å². The van der Waals surface area contributed by atoms with E-state index in [1.54, 1.807) is 7.05 Å². The van der Waals surface area contributed by atoms with Crippen molar-refractivity contribution in [3.05, 3.63) is 0 Å². The molecule has 4 atom stereocenters. The van der Waals surface area contributed by atoms with Crippen LogP contribution in [0.2, 0.25) is 0 Å². The quantitative estimate of drug-likeness (QED) is 0.434. The standard InChI is InChI=1S/C8H14N2O4/c1-10-2-3-4(5(3)7(11)12)6(9)8(13)14/h3-6,10H,2,9H2,1H3,(H,11,12)(H,13,14)/t3-,4+,5+,6+/m1/s1. The first-order valence-corrected chi connectivity index (χ1v) is 4.36. The van der Waals surface area contributed by atoms with Crippen LogP contribution >= 0.6 is 0 Å². The lowest BCUT2D eigenvalue weighted by Gasteiger charge is -2.03.